The summed E-state index contributed by atoms with van der Waals surface area (Å²) < 4.78 is 16.7. The average molecular weight is 821 g/mol. The molecular formula is C52H100O6. The molecule has 0 aliphatic carbocycles. The molecule has 0 aliphatic rings. The van der Waals surface area contributed by atoms with E-state index in [-0.39, 0.29) is 31.1 Å². The lowest BCUT2D eigenvalue weighted by Crippen LogP contribution is -2.30. The number of rotatable bonds is 46. The van der Waals surface area contributed by atoms with Gasteiger partial charge in [-0.1, -0.05) is 247 Å². The molecule has 0 saturated carbocycles. The highest BCUT2D eigenvalue weighted by Crippen LogP contribution is 2.17. The SMILES string of the molecule is CCCCCCCCCC(=O)OC[C@H](COC(=O)CCCCCCCCCCCCCCCCCC(C)C)OC(=O)CCCCCCCCCCCCCCC(C)C. The van der Waals surface area contributed by atoms with Gasteiger partial charge in [0.25, 0.3) is 0 Å². The Balaban J connectivity index is 4.19. The summed E-state index contributed by atoms with van der Waals surface area (Å²) in [4.78, 5) is 37.8. The highest BCUT2D eigenvalue weighted by Gasteiger charge is 2.19. The van der Waals surface area contributed by atoms with Gasteiger partial charge in [0, 0.05) is 19.3 Å². The summed E-state index contributed by atoms with van der Waals surface area (Å²) in [6, 6.07) is 0. The molecule has 1 atom stereocenters. The zero-order valence-electron chi connectivity index (χ0n) is 39.7. The first-order valence-corrected chi connectivity index (χ1v) is 25.7. The molecule has 0 amide bonds. The van der Waals surface area contributed by atoms with Crippen LogP contribution in [-0.2, 0) is 28.6 Å². The van der Waals surface area contributed by atoms with Crippen LogP contribution >= 0.6 is 0 Å². The maximum absolute atomic E-state index is 12.7. The van der Waals surface area contributed by atoms with Gasteiger partial charge < -0.3 is 14.2 Å². The van der Waals surface area contributed by atoms with E-state index in [0.717, 1.165) is 69.6 Å². The van der Waals surface area contributed by atoms with Crippen LogP contribution in [0.2, 0.25) is 0 Å². The normalized spacial score (nSPS) is 12.1. The van der Waals surface area contributed by atoms with Crippen molar-refractivity contribution in [2.45, 2.75) is 291 Å². The van der Waals surface area contributed by atoms with Crippen LogP contribution in [0.15, 0.2) is 0 Å². The zero-order valence-corrected chi connectivity index (χ0v) is 39.7. The first-order valence-electron chi connectivity index (χ1n) is 25.7. The molecule has 0 heterocycles. The second-order valence-corrected chi connectivity index (χ2v) is 18.8. The molecule has 0 fully saturated rings. The van der Waals surface area contributed by atoms with Crippen LogP contribution in [0, 0.1) is 11.8 Å². The fourth-order valence-corrected chi connectivity index (χ4v) is 7.81. The van der Waals surface area contributed by atoms with E-state index in [2.05, 4.69) is 34.6 Å². The molecule has 0 saturated heterocycles. The molecule has 0 aliphatic heterocycles. The maximum atomic E-state index is 12.7. The molecule has 0 aromatic carbocycles. The molecule has 0 aromatic rings. The molecule has 0 radical (unpaired) electrons. The largest absolute Gasteiger partial charge is 0.462 e. The molecule has 6 nitrogen and oxygen atoms in total. The third-order valence-electron chi connectivity index (χ3n) is 11.7. The molecule has 344 valence electrons. The second-order valence-electron chi connectivity index (χ2n) is 18.8. The Kier molecular flexibility index (Phi) is 43.7. The van der Waals surface area contributed by atoms with Crippen molar-refractivity contribution in [3.8, 4) is 0 Å². The monoisotopic (exact) mass is 821 g/mol. The van der Waals surface area contributed by atoms with Crippen molar-refractivity contribution in [1.29, 1.82) is 0 Å². The Morgan fingerprint density at radius 1 is 0.328 bits per heavy atom. The third-order valence-corrected chi connectivity index (χ3v) is 11.7. The van der Waals surface area contributed by atoms with E-state index in [9.17, 15) is 14.4 Å². The zero-order chi connectivity index (χ0) is 42.6. The predicted octanol–water partition coefficient (Wildman–Crippen LogP) is 16.5. The lowest BCUT2D eigenvalue weighted by molar-refractivity contribution is -0.167. The Labute approximate surface area is 361 Å². The number of hydrogen-bond acceptors (Lipinski definition) is 6. The summed E-state index contributed by atoms with van der Waals surface area (Å²) >= 11 is 0. The minimum absolute atomic E-state index is 0.0640. The van der Waals surface area contributed by atoms with Crippen LogP contribution in [0.1, 0.15) is 285 Å². The first-order chi connectivity index (χ1) is 28.2. The van der Waals surface area contributed by atoms with E-state index in [0.29, 0.717) is 19.3 Å². The van der Waals surface area contributed by atoms with Gasteiger partial charge in [-0.2, -0.15) is 0 Å². The van der Waals surface area contributed by atoms with Gasteiger partial charge in [0.2, 0.25) is 0 Å². The van der Waals surface area contributed by atoms with Crippen LogP contribution in [0.25, 0.3) is 0 Å². The van der Waals surface area contributed by atoms with Crippen LogP contribution in [0.3, 0.4) is 0 Å². The van der Waals surface area contributed by atoms with Crippen molar-refractivity contribution in [3.63, 3.8) is 0 Å². The van der Waals surface area contributed by atoms with Crippen LogP contribution in [-0.4, -0.2) is 37.2 Å². The number of unbranched alkanes of at least 4 members (excludes halogenated alkanes) is 31. The first kappa shape index (κ1) is 56.4. The highest BCUT2D eigenvalue weighted by atomic mass is 16.6. The van der Waals surface area contributed by atoms with Gasteiger partial charge in [0.05, 0.1) is 0 Å². The van der Waals surface area contributed by atoms with E-state index in [1.54, 1.807) is 0 Å². The number of ether oxygens (including phenoxy) is 3. The van der Waals surface area contributed by atoms with Gasteiger partial charge >= 0.3 is 17.9 Å². The molecule has 0 unspecified atom stereocenters. The van der Waals surface area contributed by atoms with Crippen molar-refractivity contribution in [2.24, 2.45) is 11.8 Å². The second kappa shape index (κ2) is 44.9. The van der Waals surface area contributed by atoms with Crippen LogP contribution < -0.4 is 0 Å². The number of hydrogen-bond donors (Lipinski definition) is 0. The Bertz CT molecular complexity index is 885. The highest BCUT2D eigenvalue weighted by molar-refractivity contribution is 5.71. The molecule has 0 aromatic heterocycles. The van der Waals surface area contributed by atoms with Crippen molar-refractivity contribution in [1.82, 2.24) is 0 Å². The summed E-state index contributed by atoms with van der Waals surface area (Å²) in [5.74, 6) is 0.827. The van der Waals surface area contributed by atoms with Gasteiger partial charge in [0.15, 0.2) is 6.10 Å². The predicted molar refractivity (Wildman–Crippen MR) is 247 cm³/mol. The van der Waals surface area contributed by atoms with Crippen molar-refractivity contribution < 1.29 is 28.6 Å². The summed E-state index contributed by atoms with van der Waals surface area (Å²) in [5, 5.41) is 0. The fraction of sp³-hybridized carbons (Fsp3) is 0.942. The minimum Gasteiger partial charge on any atom is -0.462 e. The summed E-state index contributed by atoms with van der Waals surface area (Å²) in [6.07, 6.45) is 45.3. The van der Waals surface area contributed by atoms with Gasteiger partial charge in [0.1, 0.15) is 13.2 Å². The summed E-state index contributed by atoms with van der Waals surface area (Å²) in [5.41, 5.74) is 0. The Morgan fingerprint density at radius 2 is 0.569 bits per heavy atom. The smallest absolute Gasteiger partial charge is 0.306 e. The van der Waals surface area contributed by atoms with Crippen molar-refractivity contribution in [3.05, 3.63) is 0 Å². The Morgan fingerprint density at radius 3 is 0.845 bits per heavy atom. The lowest BCUT2D eigenvalue weighted by atomic mass is 10.0. The maximum Gasteiger partial charge on any atom is 0.306 e. The standard InChI is InChI=1S/C52H100O6/c1-6-7-8-9-25-32-37-42-50(53)56-45-49(58-52(55)44-39-34-29-24-20-16-15-18-22-27-31-36-41-48(4)5)46-57-51(54)43-38-33-28-23-19-14-12-10-11-13-17-21-26-30-35-40-47(2)3/h47-49H,6-46H2,1-5H3/t49-/m1/s1. The van der Waals surface area contributed by atoms with Crippen molar-refractivity contribution >= 4 is 17.9 Å². The lowest BCUT2D eigenvalue weighted by Gasteiger charge is -2.18. The molecule has 0 rings (SSSR count). The van der Waals surface area contributed by atoms with Crippen LogP contribution in [0.4, 0.5) is 0 Å². The van der Waals surface area contributed by atoms with Gasteiger partial charge in [-0.05, 0) is 31.1 Å². The topological polar surface area (TPSA) is 78.9 Å². The number of carbonyl (C=O) groups excluding carboxylic acids is 3. The molecule has 0 bridgehead atoms. The number of esters is 3. The third kappa shape index (κ3) is 45.5. The number of carbonyl (C=O) groups is 3. The van der Waals surface area contributed by atoms with Gasteiger partial charge in [-0.25, -0.2) is 0 Å². The van der Waals surface area contributed by atoms with E-state index >= 15 is 0 Å². The van der Waals surface area contributed by atoms with E-state index in [1.165, 1.54) is 173 Å². The van der Waals surface area contributed by atoms with E-state index in [4.69, 9.17) is 14.2 Å². The quantitative estimate of drug-likeness (QED) is 0.0346. The van der Waals surface area contributed by atoms with Gasteiger partial charge in [-0.3, -0.25) is 14.4 Å². The minimum atomic E-state index is -0.760. The summed E-state index contributed by atoms with van der Waals surface area (Å²) in [7, 11) is 0. The Hall–Kier alpha value is -1.59. The molecule has 0 N–H and O–H groups in total. The van der Waals surface area contributed by atoms with Crippen LogP contribution in [0.5, 0.6) is 0 Å². The fourth-order valence-electron chi connectivity index (χ4n) is 7.81. The van der Waals surface area contributed by atoms with E-state index < -0.39 is 6.10 Å². The summed E-state index contributed by atoms with van der Waals surface area (Å²) in [6.45, 7) is 11.3. The molecule has 58 heavy (non-hydrogen) atoms. The molecule has 6 heteroatoms. The average Bonchev–Trinajstić information content (AvgIpc) is 3.19. The van der Waals surface area contributed by atoms with Gasteiger partial charge in [-0.15, -0.1) is 0 Å². The molecular weight excluding hydrogens is 721 g/mol. The van der Waals surface area contributed by atoms with Crippen molar-refractivity contribution in [2.75, 3.05) is 13.2 Å². The van der Waals surface area contributed by atoms with E-state index in [1.807, 2.05) is 0 Å². The molecule has 0 spiro atoms.